The number of rotatable bonds is 3. The molecule has 110 valence electrons. The molecule has 1 aliphatic heterocycles. The van der Waals surface area contributed by atoms with E-state index < -0.39 is 0 Å². The highest BCUT2D eigenvalue weighted by atomic mass is 16.7. The van der Waals surface area contributed by atoms with Gasteiger partial charge in [0.05, 0.1) is 23.1 Å². The Kier molecular flexibility index (Phi) is 3.86. The van der Waals surface area contributed by atoms with Gasteiger partial charge in [-0.15, -0.1) is 0 Å². The fourth-order valence-corrected chi connectivity index (χ4v) is 2.04. The van der Waals surface area contributed by atoms with Crippen molar-refractivity contribution in [1.82, 2.24) is 4.98 Å². The summed E-state index contributed by atoms with van der Waals surface area (Å²) in [6, 6.07) is 2.51. The maximum atomic E-state index is 6.06. The van der Waals surface area contributed by atoms with Crippen LogP contribution in [0.2, 0.25) is 0 Å². The molecule has 1 fully saturated rings. The third-order valence-corrected chi connectivity index (χ3v) is 4.45. The Morgan fingerprint density at radius 1 is 1.10 bits per heavy atom. The highest BCUT2D eigenvalue weighted by Crippen LogP contribution is 2.36. The molecule has 0 N–H and O–H groups in total. The summed E-state index contributed by atoms with van der Waals surface area (Å²) in [6.07, 6.45) is 3.69. The smallest absolute Gasteiger partial charge is 0.399 e. The Bertz CT molecular complexity index is 473. The van der Waals surface area contributed by atoms with E-state index in [2.05, 4.69) is 64.5 Å². The monoisotopic (exact) mass is 276 g/mol. The molecule has 1 aromatic rings. The first-order valence-corrected chi connectivity index (χ1v) is 7.17. The van der Waals surface area contributed by atoms with Gasteiger partial charge < -0.3 is 14.2 Å². The lowest BCUT2D eigenvalue weighted by Crippen LogP contribution is -2.41. The molecule has 0 unspecified atom stereocenters. The van der Waals surface area contributed by atoms with Crippen LogP contribution in [0.3, 0.4) is 0 Å². The largest absolute Gasteiger partial charge is 0.496 e. The van der Waals surface area contributed by atoms with Crippen LogP contribution in [-0.2, 0) is 9.31 Å². The SMILES string of the molecule is CC(C)N(C)c1cncc(B2OC(C)(C)C(C)(C)O2)c1. The summed E-state index contributed by atoms with van der Waals surface area (Å²) in [4.78, 5) is 6.51. The molecular weight excluding hydrogens is 251 g/mol. The molecule has 4 nitrogen and oxygen atoms in total. The predicted molar refractivity (Wildman–Crippen MR) is 83.5 cm³/mol. The van der Waals surface area contributed by atoms with Crippen LogP contribution < -0.4 is 10.4 Å². The van der Waals surface area contributed by atoms with Gasteiger partial charge in [0, 0.05) is 24.7 Å². The van der Waals surface area contributed by atoms with E-state index in [9.17, 15) is 0 Å². The third-order valence-electron chi connectivity index (χ3n) is 4.45. The molecule has 1 aromatic heterocycles. The molecule has 20 heavy (non-hydrogen) atoms. The van der Waals surface area contributed by atoms with E-state index >= 15 is 0 Å². The third kappa shape index (κ3) is 2.70. The summed E-state index contributed by atoms with van der Waals surface area (Å²) in [6.45, 7) is 12.5. The molecule has 1 saturated heterocycles. The Balaban J connectivity index is 2.25. The van der Waals surface area contributed by atoms with Gasteiger partial charge in [-0.3, -0.25) is 4.98 Å². The number of aromatic nitrogens is 1. The van der Waals surface area contributed by atoms with E-state index in [1.807, 2.05) is 12.4 Å². The first kappa shape index (κ1) is 15.3. The Hall–Kier alpha value is -1.07. The number of pyridine rings is 1. The molecule has 0 radical (unpaired) electrons. The number of hydrogen-bond acceptors (Lipinski definition) is 4. The van der Waals surface area contributed by atoms with E-state index in [1.165, 1.54) is 0 Å². The van der Waals surface area contributed by atoms with Crippen molar-refractivity contribution >= 4 is 18.3 Å². The summed E-state index contributed by atoms with van der Waals surface area (Å²) in [7, 11) is 1.71. The highest BCUT2D eigenvalue weighted by Gasteiger charge is 2.51. The summed E-state index contributed by atoms with van der Waals surface area (Å²) in [5.41, 5.74) is 1.40. The number of anilines is 1. The molecule has 0 bridgehead atoms. The van der Waals surface area contributed by atoms with Gasteiger partial charge in [0.1, 0.15) is 0 Å². The lowest BCUT2D eigenvalue weighted by atomic mass is 9.80. The van der Waals surface area contributed by atoms with Gasteiger partial charge in [0.25, 0.3) is 0 Å². The van der Waals surface area contributed by atoms with E-state index in [1.54, 1.807) is 0 Å². The van der Waals surface area contributed by atoms with Gasteiger partial charge in [-0.1, -0.05) is 0 Å². The van der Waals surface area contributed by atoms with Crippen LogP contribution in [0.4, 0.5) is 5.69 Å². The maximum Gasteiger partial charge on any atom is 0.496 e. The molecule has 1 aliphatic rings. The van der Waals surface area contributed by atoms with Crippen molar-refractivity contribution in [2.24, 2.45) is 0 Å². The van der Waals surface area contributed by atoms with Crippen molar-refractivity contribution in [3.63, 3.8) is 0 Å². The average Bonchev–Trinajstić information content (AvgIpc) is 2.57. The Morgan fingerprint density at radius 2 is 1.65 bits per heavy atom. The van der Waals surface area contributed by atoms with Crippen LogP contribution >= 0.6 is 0 Å². The van der Waals surface area contributed by atoms with Crippen LogP contribution in [0.25, 0.3) is 0 Å². The first-order valence-electron chi connectivity index (χ1n) is 7.17. The van der Waals surface area contributed by atoms with Gasteiger partial charge in [-0.25, -0.2) is 0 Å². The van der Waals surface area contributed by atoms with Crippen molar-refractivity contribution in [2.75, 3.05) is 11.9 Å². The van der Waals surface area contributed by atoms with Crippen molar-refractivity contribution in [3.05, 3.63) is 18.5 Å². The quantitative estimate of drug-likeness (QED) is 0.793. The standard InChI is InChI=1S/C15H25BN2O2/c1-11(2)18(7)13-8-12(9-17-10-13)16-19-14(3,4)15(5,6)20-16/h8-11H,1-7H3. The fraction of sp³-hybridized carbons (Fsp3) is 0.667. The topological polar surface area (TPSA) is 34.6 Å². The zero-order valence-electron chi connectivity index (χ0n) is 13.6. The van der Waals surface area contributed by atoms with Gasteiger partial charge >= 0.3 is 7.12 Å². The van der Waals surface area contributed by atoms with Gasteiger partial charge in [-0.2, -0.15) is 0 Å². The zero-order valence-corrected chi connectivity index (χ0v) is 13.6. The van der Waals surface area contributed by atoms with Crippen LogP contribution in [0.1, 0.15) is 41.5 Å². The lowest BCUT2D eigenvalue weighted by molar-refractivity contribution is 0.00578. The Labute approximate surface area is 122 Å². The summed E-state index contributed by atoms with van der Waals surface area (Å²) < 4.78 is 12.1. The molecule has 0 spiro atoms. The predicted octanol–water partition coefficient (Wildman–Crippen LogP) is 2.23. The van der Waals surface area contributed by atoms with Crippen LogP contribution in [0, 0.1) is 0 Å². The molecule has 0 aliphatic carbocycles. The number of nitrogens with zero attached hydrogens (tertiary/aromatic N) is 2. The minimum absolute atomic E-state index is 0.322. The van der Waals surface area contributed by atoms with Crippen molar-refractivity contribution in [3.8, 4) is 0 Å². The minimum atomic E-state index is -0.354. The lowest BCUT2D eigenvalue weighted by Gasteiger charge is -2.32. The zero-order chi connectivity index (χ0) is 15.1. The summed E-state index contributed by atoms with van der Waals surface area (Å²) in [5.74, 6) is 0. The molecule has 5 heteroatoms. The maximum absolute atomic E-state index is 6.06. The van der Waals surface area contributed by atoms with Crippen LogP contribution in [0.15, 0.2) is 18.5 Å². The molecule has 2 rings (SSSR count). The molecule has 0 saturated carbocycles. The van der Waals surface area contributed by atoms with Gasteiger partial charge in [0.2, 0.25) is 0 Å². The second-order valence-corrected chi connectivity index (χ2v) is 6.77. The van der Waals surface area contributed by atoms with Crippen LogP contribution in [-0.4, -0.2) is 36.4 Å². The van der Waals surface area contributed by atoms with E-state index in [0.717, 1.165) is 11.2 Å². The first-order chi connectivity index (χ1) is 9.14. The fourth-order valence-electron chi connectivity index (χ4n) is 2.04. The summed E-state index contributed by atoms with van der Waals surface area (Å²) >= 11 is 0. The molecular formula is C15H25BN2O2. The second kappa shape index (κ2) is 5.04. The van der Waals surface area contributed by atoms with Gasteiger partial charge in [-0.05, 0) is 47.6 Å². The Morgan fingerprint density at radius 3 is 2.15 bits per heavy atom. The highest BCUT2D eigenvalue weighted by molar-refractivity contribution is 6.62. The van der Waals surface area contributed by atoms with E-state index in [-0.39, 0.29) is 18.3 Å². The van der Waals surface area contributed by atoms with Gasteiger partial charge in [0.15, 0.2) is 0 Å². The molecule has 0 atom stereocenters. The normalized spacial score (nSPS) is 20.5. The van der Waals surface area contributed by atoms with Crippen molar-refractivity contribution in [2.45, 2.75) is 58.8 Å². The summed E-state index contributed by atoms with van der Waals surface area (Å²) in [5, 5.41) is 0. The van der Waals surface area contributed by atoms with E-state index in [4.69, 9.17) is 9.31 Å². The average molecular weight is 276 g/mol. The molecule has 0 aromatic carbocycles. The van der Waals surface area contributed by atoms with Crippen molar-refractivity contribution < 1.29 is 9.31 Å². The number of hydrogen-bond donors (Lipinski definition) is 0. The van der Waals surface area contributed by atoms with Crippen molar-refractivity contribution in [1.29, 1.82) is 0 Å². The molecule has 2 heterocycles. The second-order valence-electron chi connectivity index (χ2n) is 6.77. The molecule has 0 amide bonds. The van der Waals surface area contributed by atoms with Crippen LogP contribution in [0.5, 0.6) is 0 Å². The van der Waals surface area contributed by atoms with E-state index in [0.29, 0.717) is 6.04 Å². The minimum Gasteiger partial charge on any atom is -0.399 e.